The van der Waals surface area contributed by atoms with E-state index in [1.54, 1.807) is 47.3 Å². The lowest BCUT2D eigenvalue weighted by molar-refractivity contribution is -0.147. The number of aromatic hydroxyl groups is 1. The third-order valence-corrected chi connectivity index (χ3v) is 25.0. The number of phenols is 1. The van der Waals surface area contributed by atoms with Gasteiger partial charge in [-0.3, -0.25) is 58.6 Å². The molecule has 6 aromatic carbocycles. The van der Waals surface area contributed by atoms with E-state index in [1.807, 2.05) is 143 Å². The summed E-state index contributed by atoms with van der Waals surface area (Å²) < 4.78 is 63.5. The molecule has 5 fully saturated rings. The zero-order valence-corrected chi connectivity index (χ0v) is 84.4. The number of piperidine rings is 3. The zero-order valence-electron chi connectivity index (χ0n) is 84.4. The number of carbonyl (C=O) groups excluding carboxylic acids is 10. The van der Waals surface area contributed by atoms with Gasteiger partial charge in [-0.1, -0.05) is 109 Å². The van der Waals surface area contributed by atoms with Gasteiger partial charge in [-0.2, -0.15) is 0 Å². The molecule has 8 aliphatic heterocycles. The molecule has 1 unspecified atom stereocenters. The van der Waals surface area contributed by atoms with Gasteiger partial charge in [0.2, 0.25) is 23.6 Å². The van der Waals surface area contributed by atoms with Crippen LogP contribution in [0.25, 0.3) is 11.1 Å². The lowest BCUT2D eigenvalue weighted by atomic mass is 9.95. The SMILES string of the molecule is CC(C)(C)OC(=O)N1CCN(C(=O)C(C)(C)Oc2cccc(N3CCC[C@@H](C(=O)N(CCOCCOCCOCCO)Cc4ccc(C5=CCN=C5)cc4)C3)c2)CC1.CC(C)(C)OC(=O)N1CCN(C(=O)C(C)(C)Oc2cccc(N3CCC[C@@H](C(=O)N(CCOCCOCCOCCOCc4ccccc4)Cc4ccc(C5=CCN=C5)cc4)C3)c2)CC1.O=C1CCC(N2C(=O)c3cccc(O)c3C2=O)C(=O)N1. The first kappa shape index (κ1) is 109. The highest BCUT2D eigenvalue weighted by atomic mass is 16.6. The third kappa shape index (κ3) is 33.0. The number of fused-ring (bicyclic) bond motifs is 1. The molecule has 35 heteroatoms. The summed E-state index contributed by atoms with van der Waals surface area (Å²) in [5.41, 5.74) is 6.05. The van der Waals surface area contributed by atoms with Crippen LogP contribution in [0.4, 0.5) is 21.0 Å². The number of benzene rings is 6. The number of imide groups is 2. The minimum absolute atomic E-state index is 0.0148. The molecule has 8 aliphatic rings. The van der Waals surface area contributed by atoms with Crippen LogP contribution in [0.1, 0.15) is 156 Å². The minimum Gasteiger partial charge on any atom is -0.507 e. The highest BCUT2D eigenvalue weighted by molar-refractivity contribution is 6.24. The van der Waals surface area contributed by atoms with Crippen molar-refractivity contribution in [3.8, 4) is 17.2 Å². The molecule has 0 spiro atoms. The second-order valence-corrected chi connectivity index (χ2v) is 39.1. The number of hydrogen-bond acceptors (Lipinski definition) is 27. The smallest absolute Gasteiger partial charge is 0.410 e. The van der Waals surface area contributed by atoms with Crippen LogP contribution < -0.4 is 24.6 Å². The van der Waals surface area contributed by atoms with E-state index in [4.69, 9.17) is 57.2 Å². The van der Waals surface area contributed by atoms with Crippen molar-refractivity contribution in [2.24, 2.45) is 21.8 Å². The van der Waals surface area contributed by atoms with Gasteiger partial charge in [-0.25, -0.2) is 9.59 Å². The van der Waals surface area contributed by atoms with Gasteiger partial charge in [0.1, 0.15) is 34.5 Å². The van der Waals surface area contributed by atoms with E-state index in [0.29, 0.717) is 209 Å². The number of aliphatic imine (C=N–C) groups is 2. The van der Waals surface area contributed by atoms with Gasteiger partial charge in [0, 0.05) is 147 Å². The van der Waals surface area contributed by atoms with Crippen molar-refractivity contribution >= 4 is 94.4 Å². The van der Waals surface area contributed by atoms with Crippen molar-refractivity contribution in [2.75, 3.05) is 207 Å². The first-order valence-corrected chi connectivity index (χ1v) is 49.7. The largest absolute Gasteiger partial charge is 0.507 e. The second kappa shape index (κ2) is 53.2. The minimum atomic E-state index is -1.14. The van der Waals surface area contributed by atoms with Crippen molar-refractivity contribution in [1.29, 1.82) is 0 Å². The van der Waals surface area contributed by atoms with E-state index in [0.717, 1.165) is 94.0 Å². The third-order valence-electron chi connectivity index (χ3n) is 25.0. The Kier molecular flexibility index (Phi) is 40.7. The Balaban J connectivity index is 0.000000214. The van der Waals surface area contributed by atoms with Crippen LogP contribution >= 0.6 is 0 Å². The van der Waals surface area contributed by atoms with Gasteiger partial charge in [-0.15, -0.1) is 0 Å². The van der Waals surface area contributed by atoms with Crippen molar-refractivity contribution in [3.05, 3.63) is 197 Å². The first-order valence-electron chi connectivity index (χ1n) is 49.7. The Bertz CT molecular complexity index is 5370. The Morgan fingerprint density at radius 1 is 0.441 bits per heavy atom. The molecule has 0 saturated carbocycles. The van der Waals surface area contributed by atoms with Crippen molar-refractivity contribution in [1.82, 2.24) is 39.6 Å². The van der Waals surface area contributed by atoms with E-state index in [1.165, 1.54) is 18.2 Å². The van der Waals surface area contributed by atoms with Crippen molar-refractivity contribution in [3.63, 3.8) is 0 Å². The summed E-state index contributed by atoms with van der Waals surface area (Å²) in [7, 11) is 0. The second-order valence-electron chi connectivity index (χ2n) is 39.1. The molecule has 0 radical (unpaired) electrons. The fourth-order valence-corrected chi connectivity index (χ4v) is 17.7. The predicted octanol–water partition coefficient (Wildman–Crippen LogP) is 11.4. The van der Waals surface area contributed by atoms with Crippen LogP contribution in [0.3, 0.4) is 0 Å². The predicted molar refractivity (Wildman–Crippen MR) is 540 cm³/mol. The van der Waals surface area contributed by atoms with Crippen molar-refractivity contribution < 1.29 is 110 Å². The number of carbonyl (C=O) groups is 10. The maximum Gasteiger partial charge on any atom is 0.410 e. The zero-order chi connectivity index (χ0) is 102. The highest BCUT2D eigenvalue weighted by Gasteiger charge is 2.47. The van der Waals surface area contributed by atoms with Gasteiger partial charge in [0.25, 0.3) is 23.6 Å². The lowest BCUT2D eigenvalue weighted by Crippen LogP contribution is -2.57. The highest BCUT2D eigenvalue weighted by Crippen LogP contribution is 2.37. The number of piperazine rings is 2. The summed E-state index contributed by atoms with van der Waals surface area (Å²) in [4.78, 5) is 153. The first-order chi connectivity index (χ1) is 68.7. The molecule has 35 nitrogen and oxygen atoms in total. The van der Waals surface area contributed by atoms with E-state index in [9.17, 15) is 53.1 Å². The van der Waals surface area contributed by atoms with Crippen LogP contribution in [0, 0.1) is 11.8 Å². The number of aliphatic hydroxyl groups excluding tert-OH is 1. The summed E-state index contributed by atoms with van der Waals surface area (Å²) in [6.07, 6.45) is 10.7. The number of aliphatic hydroxyl groups is 1. The summed E-state index contributed by atoms with van der Waals surface area (Å²) in [6, 6.07) is 45.4. The molecular formula is C108H142N12O23. The van der Waals surface area contributed by atoms with Crippen LogP contribution in [0.5, 0.6) is 17.2 Å². The number of rotatable bonds is 42. The molecule has 5 saturated heterocycles. The average Bonchev–Trinajstić information content (AvgIpc) is 1.60. The number of anilines is 2. The average molecular weight is 1980 g/mol. The molecular weight excluding hydrogens is 1830 g/mol. The molecule has 0 bridgehead atoms. The van der Waals surface area contributed by atoms with E-state index < -0.39 is 52.1 Å². The number of amides is 10. The summed E-state index contributed by atoms with van der Waals surface area (Å²) in [5, 5.41) is 20.6. The Hall–Kier alpha value is -12.5. The molecule has 0 aliphatic carbocycles. The number of phenolic OH excluding ortho intramolecular Hbond substituents is 1. The quantitative estimate of drug-likeness (QED) is 0.0237. The fourth-order valence-electron chi connectivity index (χ4n) is 17.7. The topological polar surface area (TPSA) is 379 Å². The van der Waals surface area contributed by atoms with Gasteiger partial charge in [0.05, 0.1) is 135 Å². The molecule has 3 N–H and O–H groups in total. The monoisotopic (exact) mass is 1980 g/mol. The summed E-state index contributed by atoms with van der Waals surface area (Å²) in [6.45, 7) is 33.3. The van der Waals surface area contributed by atoms with E-state index in [2.05, 4.69) is 85.8 Å². The molecule has 14 rings (SSSR count). The van der Waals surface area contributed by atoms with Crippen LogP contribution in [0.15, 0.2) is 168 Å². The van der Waals surface area contributed by atoms with E-state index >= 15 is 0 Å². The molecule has 3 atom stereocenters. The lowest BCUT2D eigenvalue weighted by Gasteiger charge is -2.39. The Labute approximate surface area is 838 Å². The summed E-state index contributed by atoms with van der Waals surface area (Å²) >= 11 is 0. The molecule has 6 aromatic rings. The maximum atomic E-state index is 14.4. The number of nitrogens with zero attached hydrogens (tertiary/aromatic N) is 11. The number of nitrogens with one attached hydrogen (secondary N) is 1. The maximum absolute atomic E-state index is 14.4. The number of hydrogen-bond donors (Lipinski definition) is 3. The van der Waals surface area contributed by atoms with Crippen LogP contribution in [-0.2, 0) is 91.1 Å². The molecule has 10 amide bonds. The van der Waals surface area contributed by atoms with E-state index in [-0.39, 0.29) is 84.0 Å². The number of allylic oxidation sites excluding steroid dienone is 2. The summed E-state index contributed by atoms with van der Waals surface area (Å²) in [5.74, 6) is -2.12. The Morgan fingerprint density at radius 3 is 1.26 bits per heavy atom. The molecule has 772 valence electrons. The molecule has 0 aromatic heterocycles. The van der Waals surface area contributed by atoms with Gasteiger partial charge >= 0.3 is 12.2 Å². The standard InChI is InChI=1S/C51H69N5O9.C44H63N5O9.C13H10N2O5/c1-50(2,3)65-49(59)54-25-23-53(24-26-54)48(58)51(4,5)64-46-15-9-14-45(35-46)55-22-10-13-44(38-55)47(57)56(37-40-16-18-42(19-17-40)43-20-21-52-36-43)27-28-60-29-30-61-31-32-62-33-34-63-39-41-11-7-6-8-12-41;1-43(2,3)58-42(53)47-20-18-46(19-21-47)41(52)44(4,5)57-39-10-6-9-38(30-39)48-17-7-8-37(33-48)40(51)49(22-24-54-26-28-56-29-27-55-25-23-50)32-34-11-13-35(14-12-34)36-15-16-45-31-36;16-8-3-1-2-6-10(8)13(20)15(12(6)19)7-4-5-9(17)14-11(7)18/h6-9,11-12,14-20,35-36,44H,10,13,21-34,37-39H2,1-5H3;6,9-15,30-31,37,50H,7-8,16-29,32-33H2,1-5H3;1-3,7,16H,4-5H2,(H,14,17,18)/t44-;37-;/m11./s1. The van der Waals surface area contributed by atoms with Gasteiger partial charge < -0.3 is 102 Å². The van der Waals surface area contributed by atoms with Gasteiger partial charge in [-0.05, 0) is 177 Å². The number of ether oxygens (including phenoxy) is 11. The van der Waals surface area contributed by atoms with Crippen LogP contribution in [0.2, 0.25) is 0 Å². The normalized spacial score (nSPS) is 17.7. The molecule has 8 heterocycles. The fraction of sp³-hybridized carbons (Fsp3) is 0.519. The Morgan fingerprint density at radius 2 is 0.853 bits per heavy atom. The van der Waals surface area contributed by atoms with Crippen molar-refractivity contribution in [2.45, 2.75) is 156 Å². The van der Waals surface area contributed by atoms with Crippen LogP contribution in [-0.4, -0.2) is 342 Å². The molecule has 143 heavy (non-hydrogen) atoms. The van der Waals surface area contributed by atoms with Gasteiger partial charge in [0.15, 0.2) is 11.2 Å².